The van der Waals surface area contributed by atoms with Crippen molar-refractivity contribution in [1.82, 2.24) is 14.4 Å². The topological polar surface area (TPSA) is 30.2 Å². The van der Waals surface area contributed by atoms with Gasteiger partial charge in [0.2, 0.25) is 0 Å². The van der Waals surface area contributed by atoms with Crippen LogP contribution in [0.15, 0.2) is 61.1 Å². The maximum Gasteiger partial charge on any atom is 0.146 e. The van der Waals surface area contributed by atoms with Crippen molar-refractivity contribution in [2.45, 2.75) is 44.4 Å². The minimum atomic E-state index is -0.430. The molecule has 0 saturated heterocycles. The van der Waals surface area contributed by atoms with E-state index in [9.17, 15) is 4.39 Å². The quantitative estimate of drug-likeness (QED) is 0.356. The van der Waals surface area contributed by atoms with E-state index >= 15 is 0 Å². The lowest BCUT2D eigenvalue weighted by Gasteiger charge is -2.37. The van der Waals surface area contributed by atoms with Gasteiger partial charge in [-0.2, -0.15) is 0 Å². The number of benzene rings is 2. The van der Waals surface area contributed by atoms with Crippen molar-refractivity contribution in [2.24, 2.45) is 5.41 Å². The molecule has 1 spiro atoms. The SMILES string of the molecule is Fc1cccc(-c2ncc3c(C4CCC5(CC4)Cc4ccccc4C5)nccn23)c1Cl. The molecule has 2 aromatic heterocycles. The molecule has 0 N–H and O–H groups in total. The molecule has 2 aliphatic carbocycles. The molecule has 0 atom stereocenters. The highest BCUT2D eigenvalue weighted by Gasteiger charge is 2.40. The Hall–Kier alpha value is -2.72. The smallest absolute Gasteiger partial charge is 0.146 e. The number of hydrogen-bond acceptors (Lipinski definition) is 2. The Morgan fingerprint density at radius 3 is 2.45 bits per heavy atom. The van der Waals surface area contributed by atoms with Crippen molar-refractivity contribution in [3.05, 3.63) is 88.7 Å². The van der Waals surface area contributed by atoms with Crippen molar-refractivity contribution in [1.29, 1.82) is 0 Å². The van der Waals surface area contributed by atoms with E-state index in [0.29, 0.717) is 22.7 Å². The summed E-state index contributed by atoms with van der Waals surface area (Å²) in [5.74, 6) is 0.646. The zero-order valence-electron chi connectivity index (χ0n) is 17.2. The van der Waals surface area contributed by atoms with Crippen LogP contribution >= 0.6 is 11.6 Å². The summed E-state index contributed by atoms with van der Waals surface area (Å²) in [6, 6.07) is 13.8. The van der Waals surface area contributed by atoms with Crippen molar-refractivity contribution in [3.63, 3.8) is 0 Å². The summed E-state index contributed by atoms with van der Waals surface area (Å²) in [6.45, 7) is 0. The first-order chi connectivity index (χ1) is 15.1. The highest BCUT2D eigenvalue weighted by atomic mass is 35.5. The summed E-state index contributed by atoms with van der Waals surface area (Å²) in [6.07, 6.45) is 12.7. The third kappa shape index (κ3) is 3.08. The summed E-state index contributed by atoms with van der Waals surface area (Å²) >= 11 is 6.24. The summed E-state index contributed by atoms with van der Waals surface area (Å²) in [4.78, 5) is 9.36. The van der Waals surface area contributed by atoms with Crippen LogP contribution in [0.4, 0.5) is 4.39 Å². The number of fused-ring (bicyclic) bond motifs is 2. The summed E-state index contributed by atoms with van der Waals surface area (Å²) < 4.78 is 16.0. The Morgan fingerprint density at radius 1 is 0.968 bits per heavy atom. The minimum absolute atomic E-state index is 0.105. The van der Waals surface area contributed by atoms with Crippen LogP contribution in [0, 0.1) is 11.2 Å². The number of rotatable bonds is 2. The Morgan fingerprint density at radius 2 is 1.71 bits per heavy atom. The van der Waals surface area contributed by atoms with Crippen LogP contribution in [0.5, 0.6) is 0 Å². The number of hydrogen-bond donors (Lipinski definition) is 0. The second-order valence-corrected chi connectivity index (χ2v) is 9.53. The maximum absolute atomic E-state index is 14.0. The predicted octanol–water partition coefficient (Wildman–Crippen LogP) is 6.63. The molecule has 3 nitrogen and oxygen atoms in total. The number of halogens is 2. The van der Waals surface area contributed by atoms with Crippen LogP contribution in [0.3, 0.4) is 0 Å². The molecule has 31 heavy (non-hydrogen) atoms. The van der Waals surface area contributed by atoms with Crippen LogP contribution in [-0.2, 0) is 12.8 Å². The van der Waals surface area contributed by atoms with Crippen LogP contribution in [0.1, 0.15) is 48.4 Å². The highest BCUT2D eigenvalue weighted by molar-refractivity contribution is 6.33. The molecule has 0 amide bonds. The molecule has 2 aliphatic rings. The summed E-state index contributed by atoms with van der Waals surface area (Å²) in [5.41, 5.74) is 6.19. The first-order valence-corrected chi connectivity index (χ1v) is 11.3. The highest BCUT2D eigenvalue weighted by Crippen LogP contribution is 2.50. The Bertz CT molecular complexity index is 1260. The normalized spacial score (nSPS) is 18.0. The van der Waals surface area contributed by atoms with Gasteiger partial charge in [0.25, 0.3) is 0 Å². The molecule has 2 heterocycles. The zero-order chi connectivity index (χ0) is 21.0. The Balaban J connectivity index is 1.29. The fourth-order valence-electron chi connectivity index (χ4n) is 5.77. The van der Waals surface area contributed by atoms with Crippen LogP contribution in [0.2, 0.25) is 5.02 Å². The monoisotopic (exact) mass is 431 g/mol. The molecule has 0 unspecified atom stereocenters. The van der Waals surface area contributed by atoms with Gasteiger partial charge in [0.1, 0.15) is 11.6 Å². The van der Waals surface area contributed by atoms with Crippen molar-refractivity contribution >= 4 is 17.1 Å². The van der Waals surface area contributed by atoms with Gasteiger partial charge in [-0.15, -0.1) is 0 Å². The first kappa shape index (κ1) is 19.0. The molecule has 1 fully saturated rings. The van der Waals surface area contributed by atoms with E-state index < -0.39 is 5.82 Å². The standard InChI is InChI=1S/C26H23ClFN3/c27-23-20(6-3-7-21(23)28)25-30-16-22-24(29-12-13-31(22)25)17-8-10-26(11-9-17)14-18-4-1-2-5-19(18)15-26/h1-7,12-13,16-17H,8-11,14-15H2. The Kier molecular flexibility index (Phi) is 4.39. The fraction of sp³-hybridized carbons (Fsp3) is 0.308. The van der Waals surface area contributed by atoms with Gasteiger partial charge >= 0.3 is 0 Å². The maximum atomic E-state index is 14.0. The third-order valence-electron chi connectivity index (χ3n) is 7.36. The van der Waals surface area contributed by atoms with Gasteiger partial charge in [0.15, 0.2) is 0 Å². The van der Waals surface area contributed by atoms with E-state index in [4.69, 9.17) is 16.6 Å². The first-order valence-electron chi connectivity index (χ1n) is 11.0. The van der Waals surface area contributed by atoms with Gasteiger partial charge in [-0.05, 0) is 67.2 Å². The zero-order valence-corrected chi connectivity index (χ0v) is 17.9. The van der Waals surface area contributed by atoms with Crippen molar-refractivity contribution < 1.29 is 4.39 Å². The van der Waals surface area contributed by atoms with Crippen molar-refractivity contribution in [3.8, 4) is 11.4 Å². The van der Waals surface area contributed by atoms with Gasteiger partial charge in [0, 0.05) is 23.9 Å². The fourth-order valence-corrected chi connectivity index (χ4v) is 5.98. The van der Waals surface area contributed by atoms with Crippen LogP contribution < -0.4 is 0 Å². The van der Waals surface area contributed by atoms with E-state index in [1.807, 2.05) is 29.1 Å². The predicted molar refractivity (Wildman–Crippen MR) is 121 cm³/mol. The van der Waals surface area contributed by atoms with Crippen LogP contribution in [-0.4, -0.2) is 14.4 Å². The largest absolute Gasteiger partial charge is 0.296 e. The lowest BCUT2D eigenvalue weighted by atomic mass is 9.68. The average Bonchev–Trinajstić information content (AvgIpc) is 3.37. The van der Waals surface area contributed by atoms with Crippen molar-refractivity contribution in [2.75, 3.05) is 0 Å². The molecule has 156 valence electrons. The number of aromatic nitrogens is 3. The molecule has 4 aromatic rings. The molecule has 0 aliphatic heterocycles. The molecule has 5 heteroatoms. The van der Waals surface area contributed by atoms with E-state index in [1.165, 1.54) is 42.9 Å². The van der Waals surface area contributed by atoms with Gasteiger partial charge in [-0.25, -0.2) is 9.37 Å². The van der Waals surface area contributed by atoms with E-state index in [-0.39, 0.29) is 5.02 Å². The summed E-state index contributed by atoms with van der Waals surface area (Å²) in [7, 11) is 0. The van der Waals surface area contributed by atoms with E-state index in [2.05, 4.69) is 29.2 Å². The van der Waals surface area contributed by atoms with Gasteiger partial charge < -0.3 is 0 Å². The molecule has 6 rings (SSSR count). The van der Waals surface area contributed by atoms with Gasteiger partial charge in [0.05, 0.1) is 22.4 Å². The van der Waals surface area contributed by atoms with Crippen LogP contribution in [0.25, 0.3) is 16.9 Å². The molecular formula is C26H23ClFN3. The molecule has 0 radical (unpaired) electrons. The van der Waals surface area contributed by atoms with Gasteiger partial charge in [-0.3, -0.25) is 9.38 Å². The minimum Gasteiger partial charge on any atom is -0.296 e. The summed E-state index contributed by atoms with van der Waals surface area (Å²) in [5, 5.41) is 0.105. The molecule has 1 saturated carbocycles. The Labute approximate surface area is 185 Å². The number of imidazole rings is 1. The average molecular weight is 432 g/mol. The molecular weight excluding hydrogens is 409 g/mol. The van der Waals surface area contributed by atoms with E-state index in [1.54, 1.807) is 6.07 Å². The van der Waals surface area contributed by atoms with E-state index in [0.717, 1.165) is 24.1 Å². The molecule has 2 aromatic carbocycles. The third-order valence-corrected chi connectivity index (χ3v) is 7.75. The molecule has 0 bridgehead atoms. The lowest BCUT2D eigenvalue weighted by molar-refractivity contribution is 0.185. The van der Waals surface area contributed by atoms with Gasteiger partial charge in [-0.1, -0.05) is 41.9 Å². The number of nitrogens with zero attached hydrogens (tertiary/aromatic N) is 3. The lowest BCUT2D eigenvalue weighted by Crippen LogP contribution is -2.28. The second kappa shape index (κ2) is 7.16. The second-order valence-electron chi connectivity index (χ2n) is 9.15.